The van der Waals surface area contributed by atoms with Crippen molar-refractivity contribution in [3.05, 3.63) is 57.4 Å². The van der Waals surface area contributed by atoms with Crippen LogP contribution in [0.15, 0.2) is 29.1 Å². The number of aliphatic hydroxyl groups is 1. The molecule has 5 rings (SSSR count). The third-order valence-electron chi connectivity index (χ3n) is 5.61. The van der Waals surface area contributed by atoms with Crippen molar-refractivity contribution >= 4 is 16.9 Å². The molecule has 0 saturated carbocycles. The van der Waals surface area contributed by atoms with E-state index in [0.717, 1.165) is 16.5 Å². The number of aromatic nitrogens is 2. The number of cyclic esters (lactones) is 1. The first-order valence-corrected chi connectivity index (χ1v) is 9.03. The Labute approximate surface area is 180 Å². The fourth-order valence-electron chi connectivity index (χ4n) is 3.99. The van der Waals surface area contributed by atoms with Gasteiger partial charge >= 0.3 is 5.97 Å². The Morgan fingerprint density at radius 3 is 2.86 bits per heavy atom. The summed E-state index contributed by atoms with van der Waals surface area (Å²) in [7, 11) is 1.60. The van der Waals surface area contributed by atoms with Gasteiger partial charge in [-0.05, 0) is 24.1 Å². The molecule has 0 saturated heterocycles. The van der Waals surface area contributed by atoms with Crippen molar-refractivity contribution < 1.29 is 40.4 Å². The summed E-state index contributed by atoms with van der Waals surface area (Å²) in [6.07, 6.45) is 0.117. The van der Waals surface area contributed by atoms with Gasteiger partial charge in [0.25, 0.3) is 5.56 Å². The van der Waals surface area contributed by atoms with Gasteiger partial charge in [-0.1, -0.05) is 24.6 Å². The van der Waals surface area contributed by atoms with Crippen LogP contribution in [-0.4, -0.2) is 27.7 Å². The minimum atomic E-state index is -1.82. The van der Waals surface area contributed by atoms with Crippen LogP contribution in [0.5, 0.6) is 5.75 Å². The number of ether oxygens (including phenoxy) is 2. The summed E-state index contributed by atoms with van der Waals surface area (Å²) in [5.41, 5.74) is 1.25. The van der Waals surface area contributed by atoms with E-state index in [-0.39, 0.29) is 39.7 Å². The van der Waals surface area contributed by atoms with Gasteiger partial charge in [-0.25, -0.2) is 4.79 Å². The molecule has 148 valence electrons. The fraction of sp³-hybridized carbons (Fsp3) is 0.286. The second-order valence-corrected chi connectivity index (χ2v) is 7.05. The number of rotatable bonds is 2. The maximum Gasteiger partial charge on any atom is 0.343 e. The minimum Gasteiger partial charge on any atom is -0.507 e. The average Bonchev–Trinajstić information content (AvgIpc) is 3.07. The van der Waals surface area contributed by atoms with Crippen molar-refractivity contribution in [2.24, 2.45) is 0 Å². The number of carbonyl (C=O) groups is 1. The maximum atomic E-state index is 13.1. The van der Waals surface area contributed by atoms with Crippen LogP contribution < -0.4 is 10.3 Å². The van der Waals surface area contributed by atoms with E-state index < -0.39 is 11.6 Å². The number of benzene rings is 1. The molecule has 0 aliphatic carbocycles. The Morgan fingerprint density at radius 2 is 2.14 bits per heavy atom. The Kier molecular flexibility index (Phi) is 4.63. The summed E-state index contributed by atoms with van der Waals surface area (Å²) in [6.45, 7) is 1.87. The molecule has 2 aliphatic heterocycles. The number of nitrogens with zero attached hydrogens (tertiary/aromatic N) is 2. The Hall–Kier alpha value is -2.50. The zero-order chi connectivity index (χ0) is 19.6. The number of hydrogen-bond acceptors (Lipinski definition) is 6. The van der Waals surface area contributed by atoms with Crippen LogP contribution >= 0.6 is 0 Å². The van der Waals surface area contributed by atoms with Gasteiger partial charge in [0.05, 0.1) is 18.4 Å². The van der Waals surface area contributed by atoms with E-state index in [4.69, 9.17) is 14.5 Å². The van der Waals surface area contributed by atoms with Crippen molar-refractivity contribution in [3.8, 4) is 17.1 Å². The molecular formula is C21H17N2O5W-. The zero-order valence-corrected chi connectivity index (χ0v) is 18.7. The van der Waals surface area contributed by atoms with E-state index in [0.29, 0.717) is 34.8 Å². The number of fused-ring (bicyclic) bond motifs is 5. The molecule has 7 nitrogen and oxygen atoms in total. The van der Waals surface area contributed by atoms with E-state index in [9.17, 15) is 14.7 Å². The maximum absolute atomic E-state index is 13.1. The second-order valence-electron chi connectivity index (χ2n) is 7.05. The van der Waals surface area contributed by atoms with E-state index in [2.05, 4.69) is 6.07 Å². The van der Waals surface area contributed by atoms with Gasteiger partial charge in [-0.3, -0.25) is 4.79 Å². The summed E-state index contributed by atoms with van der Waals surface area (Å²) in [5.74, 6) is -0.0208. The minimum absolute atomic E-state index is 0. The Morgan fingerprint density at radius 1 is 1.34 bits per heavy atom. The van der Waals surface area contributed by atoms with Gasteiger partial charge in [0.2, 0.25) is 0 Å². The summed E-state index contributed by atoms with van der Waals surface area (Å²) in [5, 5.41) is 11.7. The monoisotopic (exact) mass is 561 g/mol. The topological polar surface area (TPSA) is 90.7 Å². The summed E-state index contributed by atoms with van der Waals surface area (Å²) in [4.78, 5) is 30.0. The molecule has 29 heavy (non-hydrogen) atoms. The van der Waals surface area contributed by atoms with Gasteiger partial charge in [0.15, 0.2) is 5.60 Å². The van der Waals surface area contributed by atoms with Crippen molar-refractivity contribution in [1.29, 1.82) is 0 Å². The Balaban J connectivity index is 0.00000205. The average molecular weight is 561 g/mol. The predicted octanol–water partition coefficient (Wildman–Crippen LogP) is 1.89. The second kappa shape index (κ2) is 6.78. The molecule has 0 spiro atoms. The standard InChI is InChI=1S/C21H17N2O5.W/c1-3-21(26)15-8-17-18-12(6-11-7-13(27-2)4-5-16(11)22-18)9-23(17)19(24)14(15)10-28-20(21)25;/h4-5,7-8,26H,3,9-10H2,1-2H3;/q-1;/t21-;/m0./s1. The number of hydrogen-bond donors (Lipinski definition) is 1. The van der Waals surface area contributed by atoms with Crippen LogP contribution in [0, 0.1) is 6.07 Å². The van der Waals surface area contributed by atoms with Crippen molar-refractivity contribution in [2.45, 2.75) is 32.1 Å². The molecule has 4 heterocycles. The molecule has 2 aliphatic rings. The van der Waals surface area contributed by atoms with Gasteiger partial charge in [0, 0.05) is 44.6 Å². The number of carbonyl (C=O) groups excluding carboxylic acids is 1. The zero-order valence-electron chi connectivity index (χ0n) is 15.8. The molecule has 0 amide bonds. The first kappa shape index (κ1) is 19.8. The summed E-state index contributed by atoms with van der Waals surface area (Å²) >= 11 is 0. The van der Waals surface area contributed by atoms with Crippen molar-refractivity contribution in [3.63, 3.8) is 0 Å². The summed E-state index contributed by atoms with van der Waals surface area (Å²) < 4.78 is 11.9. The molecule has 0 unspecified atom stereocenters. The predicted molar refractivity (Wildman–Crippen MR) is 99.9 cm³/mol. The Bertz CT molecular complexity index is 1240. The van der Waals surface area contributed by atoms with E-state index >= 15 is 0 Å². The van der Waals surface area contributed by atoms with Gasteiger partial charge < -0.3 is 24.1 Å². The number of pyridine rings is 2. The molecule has 3 aromatic rings. The van der Waals surface area contributed by atoms with Gasteiger partial charge in [-0.15, -0.1) is 11.5 Å². The van der Waals surface area contributed by atoms with Crippen LogP contribution in [0.1, 0.15) is 30.0 Å². The smallest absolute Gasteiger partial charge is 0.343 e. The van der Waals surface area contributed by atoms with Crippen LogP contribution in [0.2, 0.25) is 0 Å². The van der Waals surface area contributed by atoms with Crippen LogP contribution in [-0.2, 0) is 49.3 Å². The molecule has 0 fully saturated rings. The quantitative estimate of drug-likeness (QED) is 0.297. The third kappa shape index (κ3) is 2.68. The first-order valence-electron chi connectivity index (χ1n) is 9.03. The molecule has 8 heteroatoms. The molecule has 0 bridgehead atoms. The normalized spacial score (nSPS) is 19.1. The van der Waals surface area contributed by atoms with Crippen LogP contribution in [0.4, 0.5) is 0 Å². The molecule has 0 radical (unpaired) electrons. The first-order chi connectivity index (χ1) is 13.5. The molecule has 2 aromatic heterocycles. The van der Waals surface area contributed by atoms with Gasteiger partial charge in [0.1, 0.15) is 6.61 Å². The van der Waals surface area contributed by atoms with Crippen LogP contribution in [0.25, 0.3) is 22.3 Å². The molecular weight excluding hydrogens is 544 g/mol. The van der Waals surface area contributed by atoms with Crippen LogP contribution in [0.3, 0.4) is 0 Å². The molecule has 1 atom stereocenters. The largest absolute Gasteiger partial charge is 0.507 e. The fourth-order valence-corrected chi connectivity index (χ4v) is 3.99. The molecule has 1 N–H and O–H groups in total. The van der Waals surface area contributed by atoms with Crippen molar-refractivity contribution in [2.75, 3.05) is 7.11 Å². The third-order valence-corrected chi connectivity index (χ3v) is 5.61. The van der Waals surface area contributed by atoms with Crippen molar-refractivity contribution in [1.82, 2.24) is 9.55 Å². The van der Waals surface area contributed by atoms with Gasteiger partial charge in [-0.2, -0.15) is 0 Å². The van der Waals surface area contributed by atoms with E-state index in [1.807, 2.05) is 18.2 Å². The number of esters is 1. The SMILES string of the molecule is CC[C@@]1(O)C(=O)OCc2c1cc1n(c2=O)Cc2[c-]c3cc(OC)ccc3nc2-1.[W]. The number of methoxy groups -OCH3 is 1. The van der Waals surface area contributed by atoms with E-state index in [1.165, 1.54) is 0 Å². The van der Waals surface area contributed by atoms with E-state index in [1.54, 1.807) is 24.7 Å². The summed E-state index contributed by atoms with van der Waals surface area (Å²) in [6, 6.07) is 10.5. The molecule has 1 aromatic carbocycles.